The van der Waals surface area contributed by atoms with Crippen molar-refractivity contribution < 1.29 is 32.2 Å². The summed E-state index contributed by atoms with van der Waals surface area (Å²) in [5, 5.41) is 23.0. The molecule has 4 atom stereocenters. The number of hydrogen-bond acceptors (Lipinski definition) is 8. The molecule has 52 heavy (non-hydrogen) atoms. The number of hydrazone groups is 2. The van der Waals surface area contributed by atoms with Gasteiger partial charge in [0.1, 0.15) is 48.8 Å². The van der Waals surface area contributed by atoms with Crippen LogP contribution in [0.15, 0.2) is 95.1 Å². The van der Waals surface area contributed by atoms with Crippen molar-refractivity contribution in [3.63, 3.8) is 0 Å². The molecule has 0 saturated carbocycles. The van der Waals surface area contributed by atoms with Gasteiger partial charge in [0.15, 0.2) is 0 Å². The SMILES string of the molecule is CC(=O)N1N=C(c2cc(F)ccc2F)SC12c1ccccc1CCC2CCO.Fc1ccc(F)c(C2=NN3CCC4COc5ccccc5C43S2)c1. The lowest BCUT2D eigenvalue weighted by Crippen LogP contribution is -2.49. The van der Waals surface area contributed by atoms with Crippen LogP contribution in [0.4, 0.5) is 17.6 Å². The molecule has 0 bridgehead atoms. The number of amides is 1. The summed E-state index contributed by atoms with van der Waals surface area (Å²) in [6, 6.07) is 22.5. The highest BCUT2D eigenvalue weighted by molar-refractivity contribution is 8.15. The number of thioether (sulfide) groups is 2. The van der Waals surface area contributed by atoms with Gasteiger partial charge in [-0.2, -0.15) is 10.2 Å². The van der Waals surface area contributed by atoms with Gasteiger partial charge in [-0.25, -0.2) is 22.6 Å². The minimum Gasteiger partial charge on any atom is -0.493 e. The van der Waals surface area contributed by atoms with E-state index in [-0.39, 0.29) is 45.4 Å². The van der Waals surface area contributed by atoms with Crippen LogP contribution in [0, 0.1) is 35.1 Å². The Morgan fingerprint density at radius 2 is 1.48 bits per heavy atom. The molecule has 0 aromatic heterocycles. The number of halogens is 4. The Kier molecular flexibility index (Phi) is 9.07. The Hall–Kier alpha value is -4.33. The molecular formula is C39H34F4N4O3S2. The first kappa shape index (κ1) is 34.7. The van der Waals surface area contributed by atoms with Crippen molar-refractivity contribution in [2.75, 3.05) is 19.8 Å². The first-order valence-electron chi connectivity index (χ1n) is 17.1. The van der Waals surface area contributed by atoms with E-state index >= 15 is 0 Å². The number of carbonyl (C=O) groups excluding carboxylic acids is 1. The lowest BCUT2D eigenvalue weighted by molar-refractivity contribution is -0.134. The van der Waals surface area contributed by atoms with E-state index in [1.165, 1.54) is 41.5 Å². The first-order valence-corrected chi connectivity index (χ1v) is 18.7. The van der Waals surface area contributed by atoms with Gasteiger partial charge in [0.2, 0.25) is 5.91 Å². The van der Waals surface area contributed by atoms with Gasteiger partial charge in [-0.05, 0) is 79.3 Å². The van der Waals surface area contributed by atoms with Crippen LogP contribution < -0.4 is 4.74 Å². The Morgan fingerprint density at radius 1 is 0.846 bits per heavy atom. The second kappa shape index (κ2) is 13.6. The summed E-state index contributed by atoms with van der Waals surface area (Å²) < 4.78 is 61.9. The maximum absolute atomic E-state index is 14.4. The van der Waals surface area contributed by atoms with Crippen molar-refractivity contribution in [3.05, 3.63) is 136 Å². The highest BCUT2D eigenvalue weighted by Crippen LogP contribution is 2.61. The maximum Gasteiger partial charge on any atom is 0.241 e. The number of ether oxygens (including phenoxy) is 1. The number of hydrogen-bond donors (Lipinski definition) is 1. The number of aliphatic hydroxyl groups is 1. The van der Waals surface area contributed by atoms with Gasteiger partial charge >= 0.3 is 0 Å². The molecule has 5 aliphatic rings. The molecule has 7 nitrogen and oxygen atoms in total. The lowest BCUT2D eigenvalue weighted by atomic mass is 9.77. The number of carbonyl (C=O) groups is 1. The third kappa shape index (κ3) is 5.59. The molecular weight excluding hydrogens is 713 g/mol. The van der Waals surface area contributed by atoms with E-state index in [9.17, 15) is 27.5 Å². The average Bonchev–Trinajstić information content (AvgIpc) is 3.83. The predicted octanol–water partition coefficient (Wildman–Crippen LogP) is 7.96. The number of para-hydroxylation sites is 1. The number of aliphatic hydroxyl groups excluding tert-OH is 1. The second-order valence-corrected chi connectivity index (χ2v) is 15.7. The van der Waals surface area contributed by atoms with E-state index < -0.39 is 28.1 Å². The predicted molar refractivity (Wildman–Crippen MR) is 194 cm³/mol. The summed E-state index contributed by atoms with van der Waals surface area (Å²) in [7, 11) is 0. The molecule has 1 amide bonds. The number of nitrogens with zero attached hydrogens (tertiary/aromatic N) is 4. The quantitative estimate of drug-likeness (QED) is 0.214. The molecule has 2 spiro atoms. The van der Waals surface area contributed by atoms with E-state index in [0.717, 1.165) is 78.6 Å². The van der Waals surface area contributed by atoms with E-state index in [0.29, 0.717) is 18.1 Å². The van der Waals surface area contributed by atoms with Crippen molar-refractivity contribution in [1.82, 2.24) is 10.0 Å². The second-order valence-electron chi connectivity index (χ2n) is 13.3. The van der Waals surface area contributed by atoms with Crippen LogP contribution >= 0.6 is 23.5 Å². The van der Waals surface area contributed by atoms with Crippen molar-refractivity contribution in [2.45, 2.75) is 42.3 Å². The lowest BCUT2D eigenvalue weighted by Gasteiger charge is -2.45. The summed E-state index contributed by atoms with van der Waals surface area (Å²) in [4.78, 5) is 11.3. The largest absolute Gasteiger partial charge is 0.493 e. The van der Waals surface area contributed by atoms with Crippen LogP contribution in [0.3, 0.4) is 0 Å². The molecule has 13 heteroatoms. The monoisotopic (exact) mass is 746 g/mol. The zero-order valence-corrected chi connectivity index (χ0v) is 29.7. The molecule has 4 heterocycles. The van der Waals surface area contributed by atoms with Crippen molar-refractivity contribution in [1.29, 1.82) is 0 Å². The molecule has 4 aromatic carbocycles. The van der Waals surface area contributed by atoms with E-state index in [1.807, 2.05) is 53.5 Å². The van der Waals surface area contributed by atoms with Crippen LogP contribution in [0.5, 0.6) is 5.75 Å². The maximum atomic E-state index is 14.4. The molecule has 0 radical (unpaired) electrons. The Labute approximate surface area is 306 Å². The summed E-state index contributed by atoms with van der Waals surface area (Å²) in [6.07, 6.45) is 3.06. The third-order valence-electron chi connectivity index (χ3n) is 10.4. The van der Waals surface area contributed by atoms with Gasteiger partial charge in [0, 0.05) is 48.6 Å². The van der Waals surface area contributed by atoms with Crippen LogP contribution in [0.1, 0.15) is 54.0 Å². The minimum absolute atomic E-state index is 0.0233. The first-order chi connectivity index (χ1) is 25.1. The fourth-order valence-electron chi connectivity index (χ4n) is 8.05. The van der Waals surface area contributed by atoms with Crippen LogP contribution in [0.2, 0.25) is 0 Å². The number of rotatable bonds is 4. The minimum atomic E-state index is -0.877. The standard InChI is InChI=1S/C21H20F2N2O2S.C18H14F2N2OS/c1-13(27)25-21(28-20(24-25)17-12-16(22)8-9-19(17)23)15(10-11-26)7-6-14-4-2-3-5-18(14)21;19-12-5-6-15(20)13(9-12)17-21-22-8-7-11-10-23-16-4-2-1-3-14(16)18(11,22)24-17/h2-5,8-9,12,15,26H,6-7,10-11H2,1H3;1-6,9,11H,7-8,10H2. The van der Waals surface area contributed by atoms with Crippen molar-refractivity contribution in [3.8, 4) is 5.75 Å². The van der Waals surface area contributed by atoms with E-state index in [2.05, 4.69) is 10.2 Å². The van der Waals surface area contributed by atoms with Gasteiger partial charge in [-0.3, -0.25) is 9.80 Å². The smallest absolute Gasteiger partial charge is 0.241 e. The van der Waals surface area contributed by atoms with Crippen molar-refractivity contribution in [2.24, 2.45) is 22.0 Å². The van der Waals surface area contributed by atoms with Gasteiger partial charge in [0.25, 0.3) is 0 Å². The van der Waals surface area contributed by atoms with E-state index in [4.69, 9.17) is 4.74 Å². The summed E-state index contributed by atoms with van der Waals surface area (Å²) in [6.45, 7) is 2.80. The Morgan fingerprint density at radius 3 is 2.17 bits per heavy atom. The number of benzene rings is 4. The third-order valence-corrected chi connectivity index (χ3v) is 13.5. The Balaban J connectivity index is 0.000000150. The van der Waals surface area contributed by atoms with Crippen LogP contribution in [-0.2, 0) is 21.0 Å². The van der Waals surface area contributed by atoms with Gasteiger partial charge in [-0.1, -0.05) is 66.0 Å². The number of fused-ring (bicyclic) bond motifs is 3. The van der Waals surface area contributed by atoms with Gasteiger partial charge in [0.05, 0.1) is 6.61 Å². The summed E-state index contributed by atoms with van der Waals surface area (Å²) >= 11 is 2.79. The molecule has 4 aliphatic heterocycles. The zero-order valence-electron chi connectivity index (χ0n) is 28.1. The molecule has 4 aromatic rings. The normalized spacial score (nSPS) is 25.3. The highest BCUT2D eigenvalue weighted by atomic mass is 32.2. The zero-order chi connectivity index (χ0) is 36.2. The number of aryl methyl sites for hydroxylation is 1. The molecule has 9 rings (SSSR count). The molecule has 4 unspecified atom stereocenters. The Bertz CT molecular complexity index is 2130. The van der Waals surface area contributed by atoms with Gasteiger partial charge in [-0.15, -0.1) is 0 Å². The molecule has 268 valence electrons. The topological polar surface area (TPSA) is 77.7 Å². The van der Waals surface area contributed by atoms with Crippen molar-refractivity contribution >= 4 is 39.5 Å². The molecule has 1 aliphatic carbocycles. The van der Waals surface area contributed by atoms with E-state index in [1.54, 1.807) is 0 Å². The summed E-state index contributed by atoms with van der Waals surface area (Å²) in [5.41, 5.74) is 3.38. The van der Waals surface area contributed by atoms with Crippen LogP contribution in [-0.4, -0.2) is 50.9 Å². The highest BCUT2D eigenvalue weighted by Gasteiger charge is 2.59. The fourth-order valence-corrected chi connectivity index (χ4v) is 11.3. The fraction of sp³-hybridized carbons (Fsp3) is 0.308. The average molecular weight is 747 g/mol. The molecule has 1 fully saturated rings. The van der Waals surface area contributed by atoms with Gasteiger partial charge < -0.3 is 9.84 Å². The summed E-state index contributed by atoms with van der Waals surface area (Å²) in [5.74, 6) is -1.28. The molecule has 1 N–H and O–H groups in total. The molecule has 1 saturated heterocycles. The van der Waals surface area contributed by atoms with Crippen LogP contribution in [0.25, 0.3) is 0 Å².